The van der Waals surface area contributed by atoms with Crippen LogP contribution in [0.15, 0.2) is 0 Å². The Morgan fingerprint density at radius 3 is 2.75 bits per heavy atom. The van der Waals surface area contributed by atoms with Gasteiger partial charge in [0, 0.05) is 19.1 Å². The molecule has 0 aliphatic carbocycles. The number of hydrogen-bond donors (Lipinski definition) is 1. The fraction of sp³-hybridized carbons (Fsp3) is 0.917. The zero-order valence-electron chi connectivity index (χ0n) is 10.4. The zero-order chi connectivity index (χ0) is 11.7. The molecule has 0 bridgehead atoms. The Bertz CT molecular complexity index is 269. The molecule has 1 amide bonds. The van der Waals surface area contributed by atoms with Gasteiger partial charge in [-0.15, -0.1) is 0 Å². The number of piperidine rings is 2. The van der Waals surface area contributed by atoms with Gasteiger partial charge in [-0.3, -0.25) is 4.79 Å². The first-order chi connectivity index (χ1) is 7.59. The highest BCUT2D eigenvalue weighted by atomic mass is 16.2. The van der Waals surface area contributed by atoms with Crippen LogP contribution >= 0.6 is 0 Å². The van der Waals surface area contributed by atoms with Crippen molar-refractivity contribution in [3.8, 4) is 0 Å². The summed E-state index contributed by atoms with van der Waals surface area (Å²) in [6.45, 7) is 5.33. The molecule has 4 nitrogen and oxygen atoms in total. The van der Waals surface area contributed by atoms with E-state index in [1.54, 1.807) is 0 Å². The van der Waals surface area contributed by atoms with Crippen molar-refractivity contribution in [2.75, 3.05) is 26.7 Å². The van der Waals surface area contributed by atoms with E-state index in [9.17, 15) is 4.79 Å². The fourth-order valence-corrected chi connectivity index (χ4v) is 3.06. The Hall–Kier alpha value is -0.610. The Labute approximate surface area is 97.8 Å². The molecule has 2 fully saturated rings. The minimum atomic E-state index is -0.249. The Morgan fingerprint density at radius 2 is 2.06 bits per heavy atom. The van der Waals surface area contributed by atoms with Gasteiger partial charge in [0.15, 0.2) is 0 Å². The van der Waals surface area contributed by atoms with E-state index in [0.29, 0.717) is 12.0 Å². The molecular weight excluding hydrogens is 202 g/mol. The number of hydrogen-bond acceptors (Lipinski definition) is 3. The molecule has 3 unspecified atom stereocenters. The monoisotopic (exact) mass is 225 g/mol. The maximum Gasteiger partial charge on any atom is 0.239 e. The summed E-state index contributed by atoms with van der Waals surface area (Å²) in [4.78, 5) is 16.4. The number of carbonyl (C=O) groups is 1. The maximum atomic E-state index is 12.0. The van der Waals surface area contributed by atoms with E-state index < -0.39 is 0 Å². The van der Waals surface area contributed by atoms with Gasteiger partial charge in [-0.1, -0.05) is 6.92 Å². The van der Waals surface area contributed by atoms with Gasteiger partial charge in [-0.05, 0) is 38.8 Å². The van der Waals surface area contributed by atoms with Gasteiger partial charge < -0.3 is 15.5 Å². The molecule has 2 rings (SSSR count). The lowest BCUT2D eigenvalue weighted by molar-refractivity contribution is -0.139. The van der Waals surface area contributed by atoms with E-state index in [2.05, 4.69) is 18.9 Å². The molecule has 0 aromatic carbocycles. The summed E-state index contributed by atoms with van der Waals surface area (Å²) in [5, 5.41) is 0. The summed E-state index contributed by atoms with van der Waals surface area (Å²) in [7, 11) is 2.15. The quantitative estimate of drug-likeness (QED) is 0.697. The van der Waals surface area contributed by atoms with E-state index in [0.717, 1.165) is 38.9 Å². The third kappa shape index (κ3) is 2.23. The van der Waals surface area contributed by atoms with E-state index in [1.165, 1.54) is 0 Å². The Kier molecular flexibility index (Phi) is 3.50. The van der Waals surface area contributed by atoms with E-state index in [4.69, 9.17) is 5.73 Å². The first-order valence-electron chi connectivity index (χ1n) is 6.34. The van der Waals surface area contributed by atoms with Crippen LogP contribution in [0, 0.1) is 5.92 Å². The highest BCUT2D eigenvalue weighted by Gasteiger charge is 2.35. The minimum absolute atomic E-state index is 0.174. The largest absolute Gasteiger partial charge is 0.338 e. The number of rotatable bonds is 1. The number of nitrogens with two attached hydrogens (primary N) is 1. The standard InChI is InChI=1S/C12H23N3O/c1-9-8-14(2)7-5-11(9)15-6-3-4-10(13)12(15)16/h9-11H,3-8,13H2,1-2H3. The second-order valence-corrected chi connectivity index (χ2v) is 5.38. The molecule has 2 N–H and O–H groups in total. The smallest absolute Gasteiger partial charge is 0.239 e. The van der Waals surface area contributed by atoms with Gasteiger partial charge in [-0.25, -0.2) is 0 Å². The molecule has 2 aliphatic rings. The van der Waals surface area contributed by atoms with Crippen molar-refractivity contribution >= 4 is 5.91 Å². The number of likely N-dealkylation sites (tertiary alicyclic amines) is 2. The molecule has 3 atom stereocenters. The third-order valence-electron chi connectivity index (χ3n) is 3.98. The molecule has 16 heavy (non-hydrogen) atoms. The molecular formula is C12H23N3O. The summed E-state index contributed by atoms with van der Waals surface area (Å²) in [5.41, 5.74) is 5.85. The summed E-state index contributed by atoms with van der Waals surface area (Å²) < 4.78 is 0. The summed E-state index contributed by atoms with van der Waals surface area (Å²) in [6.07, 6.45) is 3.01. The normalized spacial score (nSPS) is 37.8. The second kappa shape index (κ2) is 4.72. The molecule has 0 radical (unpaired) electrons. The first kappa shape index (κ1) is 11.9. The lowest BCUT2D eigenvalue weighted by atomic mass is 9.90. The van der Waals surface area contributed by atoms with Crippen molar-refractivity contribution in [1.82, 2.24) is 9.80 Å². The highest BCUT2D eigenvalue weighted by molar-refractivity contribution is 5.82. The third-order valence-corrected chi connectivity index (χ3v) is 3.98. The van der Waals surface area contributed by atoms with Gasteiger partial charge in [0.1, 0.15) is 0 Å². The molecule has 2 saturated heterocycles. The van der Waals surface area contributed by atoms with Gasteiger partial charge >= 0.3 is 0 Å². The number of nitrogens with zero attached hydrogens (tertiary/aromatic N) is 2. The average Bonchev–Trinajstić information content (AvgIpc) is 2.23. The second-order valence-electron chi connectivity index (χ2n) is 5.38. The number of carbonyl (C=O) groups excluding carboxylic acids is 1. The van der Waals surface area contributed by atoms with Gasteiger partial charge in [0.2, 0.25) is 5.91 Å². The molecule has 0 aromatic heterocycles. The van der Waals surface area contributed by atoms with E-state index >= 15 is 0 Å². The van der Waals surface area contributed by atoms with Crippen LogP contribution in [0.4, 0.5) is 0 Å². The molecule has 0 aromatic rings. The van der Waals surface area contributed by atoms with Crippen LogP contribution < -0.4 is 5.73 Å². The van der Waals surface area contributed by atoms with Crippen molar-refractivity contribution in [2.24, 2.45) is 11.7 Å². The van der Waals surface area contributed by atoms with Gasteiger partial charge in [-0.2, -0.15) is 0 Å². The molecule has 0 spiro atoms. The topological polar surface area (TPSA) is 49.6 Å². The van der Waals surface area contributed by atoms with Crippen molar-refractivity contribution in [1.29, 1.82) is 0 Å². The van der Waals surface area contributed by atoms with Crippen LogP contribution in [-0.4, -0.2) is 54.5 Å². The Balaban J connectivity index is 2.03. The molecule has 0 saturated carbocycles. The van der Waals surface area contributed by atoms with Crippen LogP contribution in [0.1, 0.15) is 26.2 Å². The molecule has 2 aliphatic heterocycles. The van der Waals surface area contributed by atoms with Crippen LogP contribution in [-0.2, 0) is 4.79 Å². The van der Waals surface area contributed by atoms with Crippen molar-refractivity contribution in [2.45, 2.75) is 38.3 Å². The SMILES string of the molecule is CC1CN(C)CCC1N1CCCC(N)C1=O. The van der Waals surface area contributed by atoms with E-state index in [1.807, 2.05) is 4.90 Å². The lowest BCUT2D eigenvalue weighted by Crippen LogP contribution is -2.57. The summed E-state index contributed by atoms with van der Waals surface area (Å²) in [5.74, 6) is 0.737. The predicted molar refractivity (Wildman–Crippen MR) is 64.0 cm³/mol. The fourth-order valence-electron chi connectivity index (χ4n) is 3.06. The maximum absolute atomic E-state index is 12.0. The molecule has 2 heterocycles. The summed E-state index contributed by atoms with van der Waals surface area (Å²) >= 11 is 0. The molecule has 92 valence electrons. The van der Waals surface area contributed by atoms with Crippen molar-refractivity contribution < 1.29 is 4.79 Å². The predicted octanol–water partition coefficient (Wildman–Crippen LogP) is 0.276. The van der Waals surface area contributed by atoms with Gasteiger partial charge in [0.25, 0.3) is 0 Å². The summed E-state index contributed by atoms with van der Waals surface area (Å²) in [6, 6.07) is 0.163. The molecule has 4 heteroatoms. The minimum Gasteiger partial charge on any atom is -0.338 e. The van der Waals surface area contributed by atoms with E-state index in [-0.39, 0.29) is 11.9 Å². The number of amides is 1. The van der Waals surface area contributed by atoms with Crippen LogP contribution in [0.5, 0.6) is 0 Å². The van der Waals surface area contributed by atoms with Crippen LogP contribution in [0.25, 0.3) is 0 Å². The first-order valence-corrected chi connectivity index (χ1v) is 6.34. The van der Waals surface area contributed by atoms with Crippen molar-refractivity contribution in [3.05, 3.63) is 0 Å². The Morgan fingerprint density at radius 1 is 1.31 bits per heavy atom. The van der Waals surface area contributed by atoms with Crippen molar-refractivity contribution in [3.63, 3.8) is 0 Å². The highest BCUT2D eigenvalue weighted by Crippen LogP contribution is 2.24. The zero-order valence-corrected chi connectivity index (χ0v) is 10.4. The average molecular weight is 225 g/mol. The van der Waals surface area contributed by atoms with Crippen LogP contribution in [0.2, 0.25) is 0 Å². The lowest BCUT2D eigenvalue weighted by Gasteiger charge is -2.44. The van der Waals surface area contributed by atoms with Gasteiger partial charge in [0.05, 0.1) is 6.04 Å². The van der Waals surface area contributed by atoms with Crippen LogP contribution in [0.3, 0.4) is 0 Å².